The fourth-order valence-electron chi connectivity index (χ4n) is 2.52. The summed E-state index contributed by atoms with van der Waals surface area (Å²) in [7, 11) is 0. The predicted molar refractivity (Wildman–Crippen MR) is 68.1 cm³/mol. The van der Waals surface area contributed by atoms with E-state index < -0.39 is 10.9 Å². The van der Waals surface area contributed by atoms with Crippen LogP contribution in [0.15, 0.2) is 18.5 Å². The molecule has 2 heterocycles. The number of carboxylic acids is 1. The summed E-state index contributed by atoms with van der Waals surface area (Å²) in [6, 6.07) is 1.56. The number of aromatic nitrogens is 1. The Hall–Kier alpha value is -2.18. The lowest BCUT2D eigenvalue weighted by Crippen LogP contribution is -2.43. The minimum Gasteiger partial charge on any atom is -0.481 e. The summed E-state index contributed by atoms with van der Waals surface area (Å²) in [6.45, 7) is 2.39. The van der Waals surface area contributed by atoms with Gasteiger partial charge in [-0.3, -0.25) is 19.9 Å². The minimum absolute atomic E-state index is 0.0388. The van der Waals surface area contributed by atoms with Crippen LogP contribution in [0.2, 0.25) is 0 Å². The van der Waals surface area contributed by atoms with E-state index in [0.717, 1.165) is 0 Å². The van der Waals surface area contributed by atoms with Crippen molar-refractivity contribution in [2.24, 2.45) is 5.92 Å². The van der Waals surface area contributed by atoms with Gasteiger partial charge in [0.15, 0.2) is 0 Å². The van der Waals surface area contributed by atoms with Gasteiger partial charge in [0.25, 0.3) is 0 Å². The van der Waals surface area contributed by atoms with Crippen LogP contribution in [-0.4, -0.2) is 33.6 Å². The van der Waals surface area contributed by atoms with E-state index >= 15 is 0 Å². The second-order valence-corrected chi connectivity index (χ2v) is 4.72. The highest BCUT2D eigenvalue weighted by Crippen LogP contribution is 2.33. The summed E-state index contributed by atoms with van der Waals surface area (Å²) in [5.41, 5.74) is 0.472. The van der Waals surface area contributed by atoms with Gasteiger partial charge in [0.1, 0.15) is 11.9 Å². The van der Waals surface area contributed by atoms with Gasteiger partial charge in [-0.2, -0.15) is 0 Å². The molecule has 2 atom stereocenters. The average molecular weight is 265 g/mol. The molecule has 0 aliphatic carbocycles. The van der Waals surface area contributed by atoms with Crippen LogP contribution in [0.1, 0.15) is 19.8 Å². The maximum Gasteiger partial charge on any atom is 0.310 e. The van der Waals surface area contributed by atoms with Crippen LogP contribution in [0, 0.1) is 16.0 Å². The standard InChI is InChI=1S/C12H15N3O4/c1-8-6-9(12(16)17)3-5-14(8)10-2-4-13-7-11(10)15(18)19/h2,4,7-9H,3,5-6H2,1H3,(H,16,17). The van der Waals surface area contributed by atoms with Crippen molar-refractivity contribution < 1.29 is 14.8 Å². The molecule has 0 bridgehead atoms. The Morgan fingerprint density at radius 3 is 2.95 bits per heavy atom. The molecule has 0 spiro atoms. The molecule has 2 unspecified atom stereocenters. The van der Waals surface area contributed by atoms with E-state index in [9.17, 15) is 14.9 Å². The van der Waals surface area contributed by atoms with Crippen molar-refractivity contribution in [2.75, 3.05) is 11.4 Å². The SMILES string of the molecule is CC1CC(C(=O)O)CCN1c1ccncc1[N+](=O)[O-]. The van der Waals surface area contributed by atoms with E-state index in [2.05, 4.69) is 4.98 Å². The van der Waals surface area contributed by atoms with Gasteiger partial charge in [-0.25, -0.2) is 0 Å². The highest BCUT2D eigenvalue weighted by molar-refractivity contribution is 5.71. The Morgan fingerprint density at radius 1 is 1.63 bits per heavy atom. The average Bonchev–Trinajstić information content (AvgIpc) is 2.38. The molecule has 0 saturated carbocycles. The molecule has 2 rings (SSSR count). The Labute approximate surface area is 110 Å². The van der Waals surface area contributed by atoms with Crippen LogP contribution in [0.3, 0.4) is 0 Å². The molecule has 7 heteroatoms. The molecule has 1 saturated heterocycles. The Bertz CT molecular complexity index is 506. The van der Waals surface area contributed by atoms with Gasteiger partial charge in [-0.15, -0.1) is 0 Å². The van der Waals surface area contributed by atoms with E-state index in [0.29, 0.717) is 25.1 Å². The first-order valence-corrected chi connectivity index (χ1v) is 6.08. The molecule has 1 aliphatic rings. The summed E-state index contributed by atoms with van der Waals surface area (Å²) in [6.07, 6.45) is 3.73. The zero-order valence-electron chi connectivity index (χ0n) is 10.5. The second kappa shape index (κ2) is 5.21. The summed E-state index contributed by atoms with van der Waals surface area (Å²) < 4.78 is 0. The lowest BCUT2D eigenvalue weighted by Gasteiger charge is -2.37. The number of pyridine rings is 1. The van der Waals surface area contributed by atoms with Crippen molar-refractivity contribution in [2.45, 2.75) is 25.8 Å². The Morgan fingerprint density at radius 2 is 2.37 bits per heavy atom. The molecule has 1 aliphatic heterocycles. The third-order valence-corrected chi connectivity index (χ3v) is 3.51. The molecule has 1 aromatic rings. The number of hydrogen-bond acceptors (Lipinski definition) is 5. The van der Waals surface area contributed by atoms with Crippen molar-refractivity contribution in [1.82, 2.24) is 4.98 Å². The zero-order valence-corrected chi connectivity index (χ0v) is 10.5. The highest BCUT2D eigenvalue weighted by Gasteiger charge is 2.32. The number of hydrogen-bond donors (Lipinski definition) is 1. The molecule has 0 radical (unpaired) electrons. The lowest BCUT2D eigenvalue weighted by molar-refractivity contribution is -0.384. The first-order chi connectivity index (χ1) is 9.00. The maximum atomic E-state index is 11.0. The number of piperidine rings is 1. The van der Waals surface area contributed by atoms with Crippen molar-refractivity contribution in [3.63, 3.8) is 0 Å². The lowest BCUT2D eigenvalue weighted by atomic mass is 9.91. The largest absolute Gasteiger partial charge is 0.481 e. The molecular weight excluding hydrogens is 250 g/mol. The number of rotatable bonds is 3. The summed E-state index contributed by atoms with van der Waals surface area (Å²) in [4.78, 5) is 27.2. The van der Waals surface area contributed by atoms with E-state index in [1.165, 1.54) is 12.4 Å². The molecule has 1 aromatic heterocycles. The number of nitrogens with zero attached hydrogens (tertiary/aromatic N) is 3. The van der Waals surface area contributed by atoms with Crippen LogP contribution < -0.4 is 4.90 Å². The van der Waals surface area contributed by atoms with Crippen molar-refractivity contribution in [3.05, 3.63) is 28.6 Å². The van der Waals surface area contributed by atoms with Crippen LogP contribution in [-0.2, 0) is 4.79 Å². The number of carboxylic acid groups (broad SMARTS) is 1. The van der Waals surface area contributed by atoms with Crippen molar-refractivity contribution in [3.8, 4) is 0 Å². The zero-order chi connectivity index (χ0) is 14.0. The number of aliphatic carboxylic acids is 1. The van der Waals surface area contributed by atoms with E-state index in [-0.39, 0.29) is 17.6 Å². The third kappa shape index (κ3) is 2.64. The van der Waals surface area contributed by atoms with Crippen LogP contribution >= 0.6 is 0 Å². The van der Waals surface area contributed by atoms with E-state index in [4.69, 9.17) is 5.11 Å². The highest BCUT2D eigenvalue weighted by atomic mass is 16.6. The Balaban J connectivity index is 2.24. The van der Waals surface area contributed by atoms with Crippen LogP contribution in [0.5, 0.6) is 0 Å². The molecule has 19 heavy (non-hydrogen) atoms. The van der Waals surface area contributed by atoms with Gasteiger partial charge in [0, 0.05) is 18.8 Å². The molecule has 7 nitrogen and oxygen atoms in total. The summed E-state index contributed by atoms with van der Waals surface area (Å²) in [5, 5.41) is 20.0. The minimum atomic E-state index is -0.796. The molecule has 0 amide bonds. The monoisotopic (exact) mass is 265 g/mol. The first kappa shape index (κ1) is 13.3. The van der Waals surface area contributed by atoms with E-state index in [1.54, 1.807) is 6.07 Å². The van der Waals surface area contributed by atoms with Gasteiger partial charge < -0.3 is 10.0 Å². The fourth-order valence-corrected chi connectivity index (χ4v) is 2.52. The number of carbonyl (C=O) groups is 1. The van der Waals surface area contributed by atoms with Crippen molar-refractivity contribution >= 4 is 17.3 Å². The number of anilines is 1. The van der Waals surface area contributed by atoms with Crippen LogP contribution in [0.4, 0.5) is 11.4 Å². The normalized spacial score (nSPS) is 23.1. The first-order valence-electron chi connectivity index (χ1n) is 6.08. The predicted octanol–water partition coefficient (Wildman–Crippen LogP) is 1.68. The number of nitro groups is 1. The van der Waals surface area contributed by atoms with Gasteiger partial charge >= 0.3 is 11.7 Å². The van der Waals surface area contributed by atoms with Crippen LogP contribution in [0.25, 0.3) is 0 Å². The molecule has 1 N–H and O–H groups in total. The third-order valence-electron chi connectivity index (χ3n) is 3.51. The van der Waals surface area contributed by atoms with Gasteiger partial charge in [0.05, 0.1) is 10.8 Å². The molecule has 1 fully saturated rings. The van der Waals surface area contributed by atoms with Crippen molar-refractivity contribution in [1.29, 1.82) is 0 Å². The topological polar surface area (TPSA) is 96.6 Å². The molecular formula is C12H15N3O4. The van der Waals surface area contributed by atoms with Gasteiger partial charge in [-0.1, -0.05) is 0 Å². The quantitative estimate of drug-likeness (QED) is 0.659. The van der Waals surface area contributed by atoms with Gasteiger partial charge in [0.2, 0.25) is 0 Å². The second-order valence-electron chi connectivity index (χ2n) is 4.72. The molecule has 102 valence electrons. The summed E-state index contributed by atoms with van der Waals surface area (Å²) >= 11 is 0. The van der Waals surface area contributed by atoms with E-state index in [1.807, 2.05) is 11.8 Å². The van der Waals surface area contributed by atoms with Gasteiger partial charge in [-0.05, 0) is 25.8 Å². The fraction of sp³-hybridized carbons (Fsp3) is 0.500. The maximum absolute atomic E-state index is 11.0. The molecule has 0 aromatic carbocycles. The smallest absolute Gasteiger partial charge is 0.310 e. The summed E-state index contributed by atoms with van der Waals surface area (Å²) in [5.74, 6) is -1.16. The Kier molecular flexibility index (Phi) is 3.64.